The van der Waals surface area contributed by atoms with Gasteiger partial charge in [-0.3, -0.25) is 0 Å². The Morgan fingerprint density at radius 2 is 2.10 bits per heavy atom. The lowest BCUT2D eigenvalue weighted by Crippen LogP contribution is -2.07. The second kappa shape index (κ2) is 6.88. The number of aryl methyl sites for hydroxylation is 1. The molecule has 0 fully saturated rings. The first-order chi connectivity index (χ1) is 10.2. The van der Waals surface area contributed by atoms with Crippen LogP contribution in [-0.4, -0.2) is 34.6 Å². The van der Waals surface area contributed by atoms with Crippen LogP contribution in [-0.2, 0) is 4.74 Å². The Labute approximate surface area is 123 Å². The molecule has 112 valence electrons. The lowest BCUT2D eigenvalue weighted by atomic mass is 10.1. The van der Waals surface area contributed by atoms with Crippen molar-refractivity contribution >= 4 is 5.97 Å². The van der Waals surface area contributed by atoms with E-state index in [2.05, 4.69) is 22.3 Å². The Morgan fingerprint density at radius 1 is 1.29 bits per heavy atom. The van der Waals surface area contributed by atoms with Gasteiger partial charge < -0.3 is 9.47 Å². The van der Waals surface area contributed by atoms with Crippen molar-refractivity contribution in [2.45, 2.75) is 27.2 Å². The molecule has 2 aromatic rings. The average Bonchev–Trinajstić information content (AvgIpc) is 2.96. The van der Waals surface area contributed by atoms with Crippen molar-refractivity contribution in [2.75, 3.05) is 13.2 Å². The molecule has 6 nitrogen and oxygen atoms in total. The minimum absolute atomic E-state index is 0.183. The summed E-state index contributed by atoms with van der Waals surface area (Å²) >= 11 is 0. The first kappa shape index (κ1) is 15.0. The molecule has 6 heteroatoms. The van der Waals surface area contributed by atoms with Crippen LogP contribution in [0.2, 0.25) is 0 Å². The lowest BCUT2D eigenvalue weighted by Gasteiger charge is -2.09. The number of hydrogen-bond acceptors (Lipinski definition) is 5. The molecule has 0 spiro atoms. The third kappa shape index (κ3) is 3.39. The number of rotatable bonds is 6. The summed E-state index contributed by atoms with van der Waals surface area (Å²) in [7, 11) is 0. The summed E-state index contributed by atoms with van der Waals surface area (Å²) in [5.74, 6) is 0.296. The smallest absolute Gasteiger partial charge is 0.361 e. The van der Waals surface area contributed by atoms with Gasteiger partial charge in [0, 0.05) is 5.56 Å². The van der Waals surface area contributed by atoms with Gasteiger partial charge in [0.25, 0.3) is 0 Å². The summed E-state index contributed by atoms with van der Waals surface area (Å²) in [4.78, 5) is 11.8. The minimum Gasteiger partial charge on any atom is -0.493 e. The number of aromatic nitrogens is 3. The molecular formula is C15H19N3O3. The second-order valence-corrected chi connectivity index (χ2v) is 4.57. The molecule has 1 N–H and O–H groups in total. The largest absolute Gasteiger partial charge is 0.493 e. The number of carbonyl (C=O) groups excluding carboxylic acids is 1. The van der Waals surface area contributed by atoms with Crippen molar-refractivity contribution in [2.24, 2.45) is 0 Å². The molecule has 0 saturated heterocycles. The number of esters is 1. The van der Waals surface area contributed by atoms with Gasteiger partial charge in [-0.1, -0.05) is 19.1 Å². The molecule has 0 aliphatic carbocycles. The predicted molar refractivity (Wildman–Crippen MR) is 78.3 cm³/mol. The quantitative estimate of drug-likeness (QED) is 0.827. The summed E-state index contributed by atoms with van der Waals surface area (Å²) in [5, 5.41) is 10.4. The molecule has 0 amide bonds. The van der Waals surface area contributed by atoms with E-state index in [4.69, 9.17) is 9.47 Å². The third-order valence-electron chi connectivity index (χ3n) is 2.94. The van der Waals surface area contributed by atoms with E-state index in [9.17, 15) is 4.79 Å². The zero-order valence-corrected chi connectivity index (χ0v) is 12.5. The molecule has 1 aromatic carbocycles. The SMILES string of the molecule is CCCOc1cc(-c2n[nH]nc2C(=O)OCC)ccc1C. The number of carbonyl (C=O) groups is 1. The molecule has 0 aliphatic heterocycles. The summed E-state index contributed by atoms with van der Waals surface area (Å²) in [6.45, 7) is 6.72. The van der Waals surface area contributed by atoms with Gasteiger partial charge in [0.15, 0.2) is 5.69 Å². The summed E-state index contributed by atoms with van der Waals surface area (Å²) in [6, 6.07) is 5.68. The minimum atomic E-state index is -0.488. The highest BCUT2D eigenvalue weighted by Crippen LogP contribution is 2.27. The number of hydrogen-bond donors (Lipinski definition) is 1. The van der Waals surface area contributed by atoms with E-state index in [0.717, 1.165) is 23.3 Å². The number of nitrogens with zero attached hydrogens (tertiary/aromatic N) is 2. The molecule has 0 aliphatic rings. The van der Waals surface area contributed by atoms with E-state index in [0.29, 0.717) is 18.9 Å². The van der Waals surface area contributed by atoms with Crippen molar-refractivity contribution in [1.29, 1.82) is 0 Å². The van der Waals surface area contributed by atoms with E-state index < -0.39 is 5.97 Å². The number of benzene rings is 1. The maximum atomic E-state index is 11.8. The molecule has 0 atom stereocenters. The van der Waals surface area contributed by atoms with Crippen molar-refractivity contribution in [3.8, 4) is 17.0 Å². The molecular weight excluding hydrogens is 270 g/mol. The van der Waals surface area contributed by atoms with Gasteiger partial charge in [0.2, 0.25) is 0 Å². The van der Waals surface area contributed by atoms with Crippen molar-refractivity contribution < 1.29 is 14.3 Å². The van der Waals surface area contributed by atoms with Crippen LogP contribution in [0.25, 0.3) is 11.3 Å². The Balaban J connectivity index is 2.34. The van der Waals surface area contributed by atoms with E-state index >= 15 is 0 Å². The fourth-order valence-corrected chi connectivity index (χ4v) is 1.89. The van der Waals surface area contributed by atoms with Crippen LogP contribution in [0.15, 0.2) is 18.2 Å². The van der Waals surface area contributed by atoms with Gasteiger partial charge in [-0.25, -0.2) is 4.79 Å². The third-order valence-corrected chi connectivity index (χ3v) is 2.94. The number of ether oxygens (including phenoxy) is 2. The maximum absolute atomic E-state index is 11.8. The van der Waals surface area contributed by atoms with Gasteiger partial charge in [0.1, 0.15) is 11.4 Å². The van der Waals surface area contributed by atoms with Gasteiger partial charge in [-0.05, 0) is 31.9 Å². The Morgan fingerprint density at radius 3 is 2.81 bits per heavy atom. The van der Waals surface area contributed by atoms with E-state index in [1.165, 1.54) is 0 Å². The number of aromatic amines is 1. The summed E-state index contributed by atoms with van der Waals surface area (Å²) in [6.07, 6.45) is 0.932. The Kier molecular flexibility index (Phi) is 4.92. The van der Waals surface area contributed by atoms with Crippen LogP contribution in [0.3, 0.4) is 0 Å². The molecule has 0 radical (unpaired) electrons. The van der Waals surface area contributed by atoms with Crippen molar-refractivity contribution in [3.05, 3.63) is 29.5 Å². The molecule has 0 unspecified atom stereocenters. The van der Waals surface area contributed by atoms with Crippen LogP contribution in [0.1, 0.15) is 36.3 Å². The van der Waals surface area contributed by atoms with Crippen molar-refractivity contribution in [1.82, 2.24) is 15.4 Å². The van der Waals surface area contributed by atoms with Gasteiger partial charge in [-0.2, -0.15) is 10.3 Å². The number of H-pyrrole nitrogens is 1. The standard InChI is InChI=1S/C15H19N3O3/c1-4-8-21-12-9-11(7-6-10(12)3)13-14(17-18-16-13)15(19)20-5-2/h6-7,9H,4-5,8H2,1-3H3,(H,16,17,18). The fraction of sp³-hybridized carbons (Fsp3) is 0.400. The summed E-state index contributed by atoms with van der Waals surface area (Å²) in [5.41, 5.74) is 2.45. The highest BCUT2D eigenvalue weighted by molar-refractivity contribution is 5.94. The van der Waals surface area contributed by atoms with Crippen LogP contribution in [0.5, 0.6) is 5.75 Å². The highest BCUT2D eigenvalue weighted by Gasteiger charge is 2.19. The maximum Gasteiger partial charge on any atom is 0.361 e. The molecule has 1 aromatic heterocycles. The zero-order chi connectivity index (χ0) is 15.2. The van der Waals surface area contributed by atoms with Crippen LogP contribution in [0, 0.1) is 6.92 Å². The first-order valence-corrected chi connectivity index (χ1v) is 6.99. The Bertz CT molecular complexity index is 622. The number of nitrogens with one attached hydrogen (secondary N) is 1. The predicted octanol–water partition coefficient (Wildman–Crippen LogP) is 2.75. The van der Waals surface area contributed by atoms with E-state index in [1.807, 2.05) is 25.1 Å². The first-order valence-electron chi connectivity index (χ1n) is 6.99. The van der Waals surface area contributed by atoms with E-state index in [1.54, 1.807) is 6.92 Å². The molecule has 21 heavy (non-hydrogen) atoms. The van der Waals surface area contributed by atoms with Crippen LogP contribution in [0.4, 0.5) is 0 Å². The normalized spacial score (nSPS) is 10.4. The molecule has 0 saturated carbocycles. The Hall–Kier alpha value is -2.37. The molecule has 1 heterocycles. The van der Waals surface area contributed by atoms with Gasteiger partial charge in [0.05, 0.1) is 13.2 Å². The molecule has 0 bridgehead atoms. The van der Waals surface area contributed by atoms with Gasteiger partial charge >= 0.3 is 5.97 Å². The zero-order valence-electron chi connectivity index (χ0n) is 12.5. The highest BCUT2D eigenvalue weighted by atomic mass is 16.5. The lowest BCUT2D eigenvalue weighted by molar-refractivity contribution is 0.0520. The monoisotopic (exact) mass is 289 g/mol. The van der Waals surface area contributed by atoms with Crippen LogP contribution >= 0.6 is 0 Å². The topological polar surface area (TPSA) is 77.1 Å². The van der Waals surface area contributed by atoms with E-state index in [-0.39, 0.29) is 5.69 Å². The van der Waals surface area contributed by atoms with Crippen molar-refractivity contribution in [3.63, 3.8) is 0 Å². The van der Waals surface area contributed by atoms with Gasteiger partial charge in [-0.15, -0.1) is 5.10 Å². The molecule has 2 rings (SSSR count). The average molecular weight is 289 g/mol. The summed E-state index contributed by atoms with van der Waals surface area (Å²) < 4.78 is 10.7. The van der Waals surface area contributed by atoms with Crippen LogP contribution < -0.4 is 4.74 Å². The fourth-order valence-electron chi connectivity index (χ4n) is 1.89. The second-order valence-electron chi connectivity index (χ2n) is 4.57.